The topological polar surface area (TPSA) is 39.2 Å². The molecule has 1 aromatic heterocycles. The molecule has 3 nitrogen and oxygen atoms in total. The standard InChI is InChI=1S/C12H17NO2S/c1-9(12(14)15-3)7-16-8-11-6-4-5-10(2)13-11/h4-6,9H,7-8H2,1-3H3. The van der Waals surface area contributed by atoms with Gasteiger partial charge in [-0.2, -0.15) is 11.8 Å². The molecule has 1 unspecified atom stereocenters. The number of nitrogens with zero attached hydrogens (tertiary/aromatic N) is 1. The first-order valence-electron chi connectivity index (χ1n) is 5.21. The Hall–Kier alpha value is -1.03. The van der Waals surface area contributed by atoms with Crippen LogP contribution >= 0.6 is 11.8 Å². The molecule has 1 atom stereocenters. The Balaban J connectivity index is 2.33. The highest BCUT2D eigenvalue weighted by Gasteiger charge is 2.12. The van der Waals surface area contributed by atoms with Crippen LogP contribution in [0.4, 0.5) is 0 Å². The average Bonchev–Trinajstić information content (AvgIpc) is 2.28. The molecule has 0 aliphatic carbocycles. The predicted molar refractivity (Wildman–Crippen MR) is 66.3 cm³/mol. The fraction of sp³-hybridized carbons (Fsp3) is 0.500. The number of ether oxygens (including phenoxy) is 1. The number of hydrogen-bond acceptors (Lipinski definition) is 4. The summed E-state index contributed by atoms with van der Waals surface area (Å²) in [6.07, 6.45) is 0. The third-order valence-electron chi connectivity index (χ3n) is 2.17. The molecule has 0 aromatic carbocycles. The molecule has 1 aromatic rings. The molecule has 0 fully saturated rings. The van der Waals surface area contributed by atoms with Crippen LogP contribution in [0.3, 0.4) is 0 Å². The molecule has 1 heterocycles. The minimum atomic E-state index is -0.148. The number of rotatable bonds is 5. The van der Waals surface area contributed by atoms with Crippen molar-refractivity contribution < 1.29 is 9.53 Å². The predicted octanol–water partition coefficient (Wildman–Crippen LogP) is 2.43. The van der Waals surface area contributed by atoms with Crippen molar-refractivity contribution in [3.63, 3.8) is 0 Å². The Bertz CT molecular complexity index is 355. The Labute approximate surface area is 101 Å². The quantitative estimate of drug-likeness (QED) is 0.740. The monoisotopic (exact) mass is 239 g/mol. The first-order chi connectivity index (χ1) is 7.63. The number of aryl methyl sites for hydroxylation is 1. The molecular weight excluding hydrogens is 222 g/mol. The first-order valence-corrected chi connectivity index (χ1v) is 6.37. The summed E-state index contributed by atoms with van der Waals surface area (Å²) in [4.78, 5) is 15.6. The first kappa shape index (κ1) is 13.0. The van der Waals surface area contributed by atoms with Gasteiger partial charge >= 0.3 is 5.97 Å². The van der Waals surface area contributed by atoms with E-state index < -0.39 is 0 Å². The Kier molecular flexibility index (Phi) is 5.32. The van der Waals surface area contributed by atoms with Gasteiger partial charge in [0.15, 0.2) is 0 Å². The molecule has 0 saturated heterocycles. The van der Waals surface area contributed by atoms with Crippen LogP contribution in [0.15, 0.2) is 18.2 Å². The van der Waals surface area contributed by atoms with Crippen molar-refractivity contribution in [2.75, 3.05) is 12.9 Å². The number of hydrogen-bond donors (Lipinski definition) is 0. The summed E-state index contributed by atoms with van der Waals surface area (Å²) in [6, 6.07) is 5.98. The second-order valence-electron chi connectivity index (χ2n) is 3.71. The molecule has 0 aliphatic rings. The van der Waals surface area contributed by atoms with E-state index in [1.165, 1.54) is 7.11 Å². The van der Waals surface area contributed by atoms with Crippen LogP contribution in [0, 0.1) is 12.8 Å². The van der Waals surface area contributed by atoms with Crippen molar-refractivity contribution >= 4 is 17.7 Å². The lowest BCUT2D eigenvalue weighted by Gasteiger charge is -2.08. The molecule has 16 heavy (non-hydrogen) atoms. The van der Waals surface area contributed by atoms with Crippen LogP contribution in [0.5, 0.6) is 0 Å². The van der Waals surface area contributed by atoms with Gasteiger partial charge in [0.1, 0.15) is 0 Å². The van der Waals surface area contributed by atoms with E-state index in [9.17, 15) is 4.79 Å². The fourth-order valence-electron chi connectivity index (χ4n) is 1.29. The zero-order chi connectivity index (χ0) is 12.0. The van der Waals surface area contributed by atoms with Crippen molar-refractivity contribution in [2.24, 2.45) is 5.92 Å². The summed E-state index contributed by atoms with van der Waals surface area (Å²) < 4.78 is 4.67. The van der Waals surface area contributed by atoms with Gasteiger partial charge < -0.3 is 4.74 Å². The molecule has 0 aliphatic heterocycles. The van der Waals surface area contributed by atoms with Crippen LogP contribution in [0.2, 0.25) is 0 Å². The molecule has 0 spiro atoms. The average molecular weight is 239 g/mol. The van der Waals surface area contributed by atoms with Crippen molar-refractivity contribution in [3.8, 4) is 0 Å². The minimum Gasteiger partial charge on any atom is -0.469 e. The van der Waals surface area contributed by atoms with E-state index in [1.54, 1.807) is 11.8 Å². The maximum absolute atomic E-state index is 11.2. The Morgan fingerprint density at radius 1 is 1.56 bits per heavy atom. The van der Waals surface area contributed by atoms with E-state index in [-0.39, 0.29) is 11.9 Å². The van der Waals surface area contributed by atoms with Gasteiger partial charge in [-0.05, 0) is 19.1 Å². The summed E-state index contributed by atoms with van der Waals surface area (Å²) >= 11 is 1.70. The van der Waals surface area contributed by atoms with E-state index in [1.807, 2.05) is 32.0 Å². The van der Waals surface area contributed by atoms with E-state index >= 15 is 0 Å². The lowest BCUT2D eigenvalue weighted by molar-refractivity contribution is -0.143. The van der Waals surface area contributed by atoms with E-state index in [0.29, 0.717) is 0 Å². The number of carbonyl (C=O) groups excluding carboxylic acids is 1. The second kappa shape index (κ2) is 6.53. The largest absolute Gasteiger partial charge is 0.469 e. The van der Waals surface area contributed by atoms with Crippen molar-refractivity contribution in [2.45, 2.75) is 19.6 Å². The van der Waals surface area contributed by atoms with Gasteiger partial charge in [0, 0.05) is 17.2 Å². The summed E-state index contributed by atoms with van der Waals surface area (Å²) in [5, 5.41) is 0. The number of methoxy groups -OCH3 is 1. The number of esters is 1. The lowest BCUT2D eigenvalue weighted by Crippen LogP contribution is -2.14. The summed E-state index contributed by atoms with van der Waals surface area (Å²) in [5.41, 5.74) is 2.08. The highest BCUT2D eigenvalue weighted by Crippen LogP contribution is 2.15. The van der Waals surface area contributed by atoms with E-state index in [4.69, 9.17) is 0 Å². The summed E-state index contributed by atoms with van der Waals surface area (Å²) in [7, 11) is 1.42. The molecule has 0 saturated carbocycles. The van der Waals surface area contributed by atoms with Gasteiger partial charge in [-0.3, -0.25) is 9.78 Å². The molecular formula is C12H17NO2S. The number of pyridine rings is 1. The van der Waals surface area contributed by atoms with Gasteiger partial charge in [-0.15, -0.1) is 0 Å². The molecule has 0 radical (unpaired) electrons. The molecule has 1 rings (SSSR count). The maximum Gasteiger partial charge on any atom is 0.309 e. The lowest BCUT2D eigenvalue weighted by atomic mass is 10.2. The Morgan fingerprint density at radius 2 is 2.31 bits per heavy atom. The third kappa shape index (κ3) is 4.23. The van der Waals surface area contributed by atoms with Crippen LogP contribution in [-0.2, 0) is 15.3 Å². The van der Waals surface area contributed by atoms with E-state index in [2.05, 4.69) is 9.72 Å². The zero-order valence-corrected chi connectivity index (χ0v) is 10.7. The van der Waals surface area contributed by atoms with Crippen molar-refractivity contribution in [3.05, 3.63) is 29.6 Å². The minimum absolute atomic E-state index is 0.0557. The molecule has 88 valence electrons. The zero-order valence-electron chi connectivity index (χ0n) is 9.90. The van der Waals surface area contributed by atoms with Gasteiger partial charge in [0.25, 0.3) is 0 Å². The third-order valence-corrected chi connectivity index (χ3v) is 3.40. The van der Waals surface area contributed by atoms with Crippen LogP contribution in [0.1, 0.15) is 18.3 Å². The van der Waals surface area contributed by atoms with Crippen LogP contribution in [-0.4, -0.2) is 23.8 Å². The highest BCUT2D eigenvalue weighted by molar-refractivity contribution is 7.98. The smallest absolute Gasteiger partial charge is 0.309 e. The Morgan fingerprint density at radius 3 is 2.94 bits per heavy atom. The summed E-state index contributed by atoms with van der Waals surface area (Å²) in [5.74, 6) is 1.40. The number of thioether (sulfide) groups is 1. The van der Waals surface area contributed by atoms with Gasteiger partial charge in [0.05, 0.1) is 18.7 Å². The number of carbonyl (C=O) groups is 1. The molecule has 0 amide bonds. The van der Waals surface area contributed by atoms with E-state index in [0.717, 1.165) is 22.9 Å². The normalized spacial score (nSPS) is 12.2. The van der Waals surface area contributed by atoms with Gasteiger partial charge in [-0.25, -0.2) is 0 Å². The fourth-order valence-corrected chi connectivity index (χ4v) is 2.27. The second-order valence-corrected chi connectivity index (χ2v) is 4.74. The molecule has 0 N–H and O–H groups in total. The van der Waals surface area contributed by atoms with Crippen molar-refractivity contribution in [1.29, 1.82) is 0 Å². The van der Waals surface area contributed by atoms with Gasteiger partial charge in [-0.1, -0.05) is 13.0 Å². The SMILES string of the molecule is COC(=O)C(C)CSCc1cccc(C)n1. The highest BCUT2D eigenvalue weighted by atomic mass is 32.2. The maximum atomic E-state index is 11.2. The molecule has 0 bridgehead atoms. The van der Waals surface area contributed by atoms with Crippen LogP contribution < -0.4 is 0 Å². The summed E-state index contributed by atoms with van der Waals surface area (Å²) in [6.45, 7) is 3.85. The van der Waals surface area contributed by atoms with Crippen molar-refractivity contribution in [1.82, 2.24) is 4.98 Å². The molecule has 4 heteroatoms. The number of aromatic nitrogens is 1. The van der Waals surface area contributed by atoms with Crippen LogP contribution in [0.25, 0.3) is 0 Å². The van der Waals surface area contributed by atoms with Gasteiger partial charge in [0.2, 0.25) is 0 Å².